The highest BCUT2D eigenvalue weighted by atomic mass is 16.5. The Morgan fingerprint density at radius 3 is 2.83 bits per heavy atom. The van der Waals surface area contributed by atoms with Gasteiger partial charge in [-0.1, -0.05) is 0 Å². The number of hydrogen-bond acceptors (Lipinski definition) is 4. The second-order valence-corrected chi connectivity index (χ2v) is 3.75. The lowest BCUT2D eigenvalue weighted by Gasteiger charge is -2.09. The van der Waals surface area contributed by atoms with E-state index < -0.39 is 0 Å². The van der Waals surface area contributed by atoms with Crippen molar-refractivity contribution in [3.8, 4) is 5.75 Å². The van der Waals surface area contributed by atoms with Crippen LogP contribution in [0, 0.1) is 0 Å². The maximum Gasteiger partial charge on any atom is 0.273 e. The number of amides is 1. The summed E-state index contributed by atoms with van der Waals surface area (Å²) >= 11 is 0. The Labute approximate surface area is 104 Å². The van der Waals surface area contributed by atoms with Crippen molar-refractivity contribution < 1.29 is 9.53 Å². The number of carbonyl (C=O) groups is 1. The number of nitrogens with one attached hydrogen (secondary N) is 1. The fraction of sp³-hybridized carbons (Fsp3) is 0.167. The minimum absolute atomic E-state index is 0.269. The molecule has 0 aliphatic carbocycles. The zero-order chi connectivity index (χ0) is 13.1. The van der Waals surface area contributed by atoms with Crippen molar-refractivity contribution >= 4 is 17.3 Å². The molecule has 0 aliphatic heterocycles. The molecule has 6 nitrogen and oxygen atoms in total. The molecule has 1 aromatic heterocycles. The normalized spacial score (nSPS) is 10.1. The zero-order valence-electron chi connectivity index (χ0n) is 10.2. The van der Waals surface area contributed by atoms with Gasteiger partial charge >= 0.3 is 0 Å². The number of nitrogens with zero attached hydrogens (tertiary/aromatic N) is 2. The summed E-state index contributed by atoms with van der Waals surface area (Å²) in [4.78, 5) is 12.0. The maximum atomic E-state index is 12.0. The van der Waals surface area contributed by atoms with E-state index in [2.05, 4.69) is 10.4 Å². The van der Waals surface area contributed by atoms with Gasteiger partial charge in [-0.25, -0.2) is 0 Å². The average Bonchev–Trinajstić information content (AvgIpc) is 2.78. The summed E-state index contributed by atoms with van der Waals surface area (Å²) in [6.07, 6.45) is 1.56. The van der Waals surface area contributed by atoms with E-state index >= 15 is 0 Å². The molecule has 2 rings (SSSR count). The van der Waals surface area contributed by atoms with Gasteiger partial charge in [0.15, 0.2) is 0 Å². The van der Waals surface area contributed by atoms with Crippen LogP contribution in [0.3, 0.4) is 0 Å². The molecule has 0 aliphatic rings. The Kier molecular flexibility index (Phi) is 3.18. The van der Waals surface area contributed by atoms with Crippen LogP contribution in [0.25, 0.3) is 0 Å². The minimum atomic E-state index is -0.269. The van der Waals surface area contributed by atoms with Crippen LogP contribution in [0.2, 0.25) is 0 Å². The van der Waals surface area contributed by atoms with E-state index in [1.807, 2.05) is 0 Å². The topological polar surface area (TPSA) is 82.2 Å². The summed E-state index contributed by atoms with van der Waals surface area (Å²) in [5, 5.41) is 6.66. The predicted molar refractivity (Wildman–Crippen MR) is 68.6 cm³/mol. The second-order valence-electron chi connectivity index (χ2n) is 3.75. The number of carbonyl (C=O) groups excluding carboxylic acids is 1. The van der Waals surface area contributed by atoms with Gasteiger partial charge in [0.1, 0.15) is 11.4 Å². The number of anilines is 2. The van der Waals surface area contributed by atoms with Crippen LogP contribution in [-0.4, -0.2) is 22.8 Å². The molecule has 6 heteroatoms. The molecule has 94 valence electrons. The molecule has 0 saturated heterocycles. The smallest absolute Gasteiger partial charge is 0.273 e. The number of nitrogen functional groups attached to an aromatic ring is 1. The molecule has 1 heterocycles. The van der Waals surface area contributed by atoms with Gasteiger partial charge in [0.05, 0.1) is 18.5 Å². The predicted octanol–water partition coefficient (Wildman–Crippen LogP) is 1.26. The van der Waals surface area contributed by atoms with E-state index in [9.17, 15) is 4.79 Å². The van der Waals surface area contributed by atoms with Gasteiger partial charge in [-0.15, -0.1) is 0 Å². The number of rotatable bonds is 3. The summed E-state index contributed by atoms with van der Waals surface area (Å²) in [6.45, 7) is 0. The third-order valence-corrected chi connectivity index (χ3v) is 2.56. The number of hydrogen-bond donors (Lipinski definition) is 2. The lowest BCUT2D eigenvalue weighted by molar-refractivity contribution is 0.101. The van der Waals surface area contributed by atoms with Crippen molar-refractivity contribution in [1.82, 2.24) is 9.78 Å². The van der Waals surface area contributed by atoms with E-state index in [0.29, 0.717) is 22.8 Å². The molecule has 1 aromatic carbocycles. The molecule has 18 heavy (non-hydrogen) atoms. The van der Waals surface area contributed by atoms with Crippen LogP contribution < -0.4 is 15.8 Å². The zero-order valence-corrected chi connectivity index (χ0v) is 10.2. The Bertz CT molecular complexity index is 577. The molecule has 0 saturated carbocycles. The van der Waals surface area contributed by atoms with Crippen molar-refractivity contribution in [3.63, 3.8) is 0 Å². The van der Waals surface area contributed by atoms with Crippen molar-refractivity contribution in [1.29, 1.82) is 0 Å². The first-order valence-corrected chi connectivity index (χ1v) is 5.34. The fourth-order valence-corrected chi connectivity index (χ4v) is 1.55. The van der Waals surface area contributed by atoms with Crippen LogP contribution >= 0.6 is 0 Å². The molecule has 0 radical (unpaired) electrons. The molecule has 0 unspecified atom stereocenters. The van der Waals surface area contributed by atoms with Crippen molar-refractivity contribution in [2.24, 2.45) is 7.05 Å². The fourth-order valence-electron chi connectivity index (χ4n) is 1.55. The van der Waals surface area contributed by atoms with Gasteiger partial charge in [-0.3, -0.25) is 9.48 Å². The third-order valence-electron chi connectivity index (χ3n) is 2.56. The second kappa shape index (κ2) is 4.79. The largest absolute Gasteiger partial charge is 0.497 e. The summed E-state index contributed by atoms with van der Waals surface area (Å²) < 4.78 is 6.57. The van der Waals surface area contributed by atoms with Crippen LogP contribution in [-0.2, 0) is 7.05 Å². The van der Waals surface area contributed by atoms with Crippen LogP contribution in [0.4, 0.5) is 11.4 Å². The first kappa shape index (κ1) is 12.0. The number of benzene rings is 1. The van der Waals surface area contributed by atoms with E-state index in [1.54, 1.807) is 44.6 Å². The van der Waals surface area contributed by atoms with E-state index in [1.165, 1.54) is 4.68 Å². The van der Waals surface area contributed by atoms with E-state index in [-0.39, 0.29) is 5.91 Å². The SMILES string of the molecule is COc1ccc(N)c(NC(=O)c2ccnn2C)c1. The molecule has 0 fully saturated rings. The number of nitrogens with two attached hydrogens (primary N) is 1. The highest BCUT2D eigenvalue weighted by Crippen LogP contribution is 2.24. The molecular weight excluding hydrogens is 232 g/mol. The van der Waals surface area contributed by atoms with Crippen LogP contribution in [0.1, 0.15) is 10.5 Å². The molecule has 1 amide bonds. The van der Waals surface area contributed by atoms with Crippen LogP contribution in [0.15, 0.2) is 30.5 Å². The number of ether oxygens (including phenoxy) is 1. The van der Waals surface area contributed by atoms with Crippen molar-refractivity contribution in [2.45, 2.75) is 0 Å². The number of aromatic nitrogens is 2. The van der Waals surface area contributed by atoms with Gasteiger partial charge in [-0.2, -0.15) is 5.10 Å². The summed E-state index contributed by atoms with van der Waals surface area (Å²) in [5.74, 6) is 0.361. The Morgan fingerprint density at radius 1 is 1.44 bits per heavy atom. The Balaban J connectivity index is 2.24. The molecule has 0 atom stereocenters. The first-order valence-electron chi connectivity index (χ1n) is 5.34. The van der Waals surface area contributed by atoms with Gasteiger partial charge < -0.3 is 15.8 Å². The number of methoxy groups -OCH3 is 1. The highest BCUT2D eigenvalue weighted by molar-refractivity contribution is 6.04. The Hall–Kier alpha value is -2.50. The summed E-state index contributed by atoms with van der Waals surface area (Å²) in [6, 6.07) is 6.71. The maximum absolute atomic E-state index is 12.0. The molecule has 0 spiro atoms. The van der Waals surface area contributed by atoms with Gasteiger partial charge in [0, 0.05) is 19.3 Å². The third kappa shape index (κ3) is 2.27. The van der Waals surface area contributed by atoms with Crippen LogP contribution in [0.5, 0.6) is 5.75 Å². The molecular formula is C12H14N4O2. The van der Waals surface area contributed by atoms with Gasteiger partial charge in [0.2, 0.25) is 0 Å². The van der Waals surface area contributed by atoms with Crippen molar-refractivity contribution in [3.05, 3.63) is 36.2 Å². The standard InChI is InChI=1S/C12H14N4O2/c1-16-11(5-6-14-16)12(17)15-10-7-8(18-2)3-4-9(10)13/h3-7H,13H2,1-2H3,(H,15,17). The lowest BCUT2D eigenvalue weighted by atomic mass is 10.2. The minimum Gasteiger partial charge on any atom is -0.497 e. The first-order chi connectivity index (χ1) is 8.61. The molecule has 2 aromatic rings. The highest BCUT2D eigenvalue weighted by Gasteiger charge is 2.12. The van der Waals surface area contributed by atoms with Gasteiger partial charge in [-0.05, 0) is 18.2 Å². The van der Waals surface area contributed by atoms with Crippen molar-refractivity contribution in [2.75, 3.05) is 18.2 Å². The van der Waals surface area contributed by atoms with E-state index in [4.69, 9.17) is 10.5 Å². The summed E-state index contributed by atoms with van der Waals surface area (Å²) in [7, 11) is 3.25. The quantitative estimate of drug-likeness (QED) is 0.799. The van der Waals surface area contributed by atoms with E-state index in [0.717, 1.165) is 0 Å². The average molecular weight is 246 g/mol. The Morgan fingerprint density at radius 2 is 2.22 bits per heavy atom. The lowest BCUT2D eigenvalue weighted by Crippen LogP contribution is -2.17. The monoisotopic (exact) mass is 246 g/mol. The number of aryl methyl sites for hydroxylation is 1. The van der Waals surface area contributed by atoms with Gasteiger partial charge in [0.25, 0.3) is 5.91 Å². The molecule has 3 N–H and O–H groups in total. The molecule has 0 bridgehead atoms. The summed E-state index contributed by atoms with van der Waals surface area (Å²) in [5.41, 5.74) is 7.24.